The number of H-pyrrole nitrogens is 1. The number of aryl methyl sites for hydroxylation is 1. The van der Waals surface area contributed by atoms with Crippen LogP contribution in [0.4, 0.5) is 14.6 Å². The van der Waals surface area contributed by atoms with Crippen molar-refractivity contribution in [3.05, 3.63) is 87.8 Å². The van der Waals surface area contributed by atoms with Crippen molar-refractivity contribution in [2.24, 2.45) is 5.41 Å². The van der Waals surface area contributed by atoms with Gasteiger partial charge in [-0.25, -0.2) is 13.8 Å². The molecule has 0 spiro atoms. The average Bonchev–Trinajstić information content (AvgIpc) is 4.20. The summed E-state index contributed by atoms with van der Waals surface area (Å²) < 4.78 is 39.1. The Morgan fingerprint density at radius 1 is 1.00 bits per heavy atom. The third kappa shape index (κ3) is 11.3. The van der Waals surface area contributed by atoms with Crippen LogP contribution in [-0.4, -0.2) is 133 Å². The van der Waals surface area contributed by atoms with Crippen molar-refractivity contribution in [3.8, 4) is 27.8 Å². The van der Waals surface area contributed by atoms with Crippen molar-refractivity contribution in [3.63, 3.8) is 0 Å². The zero-order valence-corrected chi connectivity index (χ0v) is 44.6. The summed E-state index contributed by atoms with van der Waals surface area (Å²) in [5.74, 6) is -1.77. The Balaban J connectivity index is 0.764. The Bertz CT molecular complexity index is 3160. The molecule has 4 aromatic heterocycles. The molecule has 6 aromatic rings. The molecule has 20 heteroatoms. The van der Waals surface area contributed by atoms with E-state index in [1.807, 2.05) is 64.4 Å². The second-order valence-corrected chi connectivity index (χ2v) is 23.0. The normalized spacial score (nSPS) is 21.7. The number of likely N-dealkylation sites (tertiary alicyclic amines) is 2. The zero-order valence-electron chi connectivity index (χ0n) is 43.0. The van der Waals surface area contributed by atoms with Crippen LogP contribution in [0, 0.1) is 28.6 Å². The number of fused-ring (bicyclic) bond motifs is 4. The van der Waals surface area contributed by atoms with E-state index < -0.39 is 41.1 Å². The molecule has 2 aromatic carbocycles. The van der Waals surface area contributed by atoms with Gasteiger partial charge in [-0.2, -0.15) is 9.97 Å². The topological polar surface area (TPSA) is 194 Å². The number of hydrogen-bond acceptors (Lipinski definition) is 14. The molecular weight excluding hydrogens is 997 g/mol. The van der Waals surface area contributed by atoms with Crippen LogP contribution >= 0.6 is 23.6 Å². The lowest BCUT2D eigenvalue weighted by Gasteiger charge is -2.35. The second-order valence-electron chi connectivity index (χ2n) is 21.8. The first-order valence-electron chi connectivity index (χ1n) is 26.1. The predicted octanol–water partition coefficient (Wildman–Crippen LogP) is 7.94. The number of ether oxygens (including phenoxy) is 1. The molecule has 7 atom stereocenters. The number of piperazine rings is 1. The van der Waals surface area contributed by atoms with Crippen LogP contribution in [0.25, 0.3) is 43.5 Å². The smallest absolute Gasteiger partial charge is 0.319 e. The number of unbranched alkanes of at least 4 members (excludes halogenated alkanes) is 1. The number of pyridine rings is 2. The Kier molecular flexibility index (Phi) is 15.3. The maximum atomic E-state index is 17.0. The molecule has 75 heavy (non-hydrogen) atoms. The summed E-state index contributed by atoms with van der Waals surface area (Å²) >= 11 is 7.04. The number of hydrogen-bond donors (Lipinski definition) is 5. The molecule has 16 nitrogen and oxygen atoms in total. The molecule has 0 saturated carbocycles. The summed E-state index contributed by atoms with van der Waals surface area (Å²) in [6.07, 6.45) is 6.14. The van der Waals surface area contributed by atoms with Gasteiger partial charge in [0.2, 0.25) is 17.7 Å². The average molecular weight is 1060 g/mol. The van der Waals surface area contributed by atoms with E-state index in [0.717, 1.165) is 53.9 Å². The molecule has 2 bridgehead atoms. The third-order valence-electron chi connectivity index (χ3n) is 15.3. The van der Waals surface area contributed by atoms with Crippen molar-refractivity contribution >= 4 is 68.8 Å². The molecule has 3 amide bonds. The lowest BCUT2D eigenvalue weighted by Crippen LogP contribution is -2.57. The molecule has 396 valence electrons. The maximum Gasteiger partial charge on any atom is 0.319 e. The number of rotatable bonds is 16. The fourth-order valence-electron chi connectivity index (χ4n) is 11.3. The van der Waals surface area contributed by atoms with E-state index in [0.29, 0.717) is 53.7 Å². The first-order chi connectivity index (χ1) is 36.0. The van der Waals surface area contributed by atoms with Gasteiger partial charge in [-0.05, 0) is 99.5 Å². The lowest BCUT2D eigenvalue weighted by atomic mass is 9.85. The number of aliphatic hydroxyl groups is 1. The van der Waals surface area contributed by atoms with Gasteiger partial charge in [0, 0.05) is 62.2 Å². The molecule has 4 saturated heterocycles. The van der Waals surface area contributed by atoms with E-state index in [1.165, 1.54) is 11.0 Å². The van der Waals surface area contributed by atoms with Gasteiger partial charge in [-0.3, -0.25) is 24.3 Å². The number of halogens is 2. The first kappa shape index (κ1) is 52.4. The molecule has 4 fully saturated rings. The number of anilines is 1. The Morgan fingerprint density at radius 3 is 2.51 bits per heavy atom. The minimum atomic E-state index is -0.930. The fourth-order valence-corrected chi connectivity index (χ4v) is 12.4. The number of aliphatic hydroxyl groups excluding tert-OH is 1. The lowest BCUT2D eigenvalue weighted by molar-refractivity contribution is -0.144. The van der Waals surface area contributed by atoms with Gasteiger partial charge in [-0.1, -0.05) is 69.4 Å². The predicted molar refractivity (Wildman–Crippen MR) is 288 cm³/mol. The Hall–Kier alpha value is -6.06. The number of aromatic amines is 1. The number of nitrogens with zero attached hydrogens (tertiary/aromatic N) is 7. The van der Waals surface area contributed by atoms with Crippen LogP contribution in [0.3, 0.4) is 0 Å². The minimum Gasteiger partial charge on any atom is -0.462 e. The molecular formula is C55H65F2N11O5S2. The van der Waals surface area contributed by atoms with Crippen LogP contribution in [-0.2, 0) is 14.4 Å². The van der Waals surface area contributed by atoms with Crippen LogP contribution in [0.5, 0.6) is 6.01 Å². The molecule has 10 rings (SSSR count). The zero-order chi connectivity index (χ0) is 52.7. The molecule has 8 heterocycles. The van der Waals surface area contributed by atoms with E-state index in [9.17, 15) is 19.5 Å². The summed E-state index contributed by atoms with van der Waals surface area (Å²) in [5.41, 5.74) is 4.07. The van der Waals surface area contributed by atoms with Gasteiger partial charge in [0.1, 0.15) is 46.2 Å². The van der Waals surface area contributed by atoms with E-state index in [2.05, 4.69) is 45.7 Å². The van der Waals surface area contributed by atoms with Crippen LogP contribution < -0.4 is 25.6 Å². The van der Waals surface area contributed by atoms with Gasteiger partial charge in [-0.15, -0.1) is 11.3 Å². The van der Waals surface area contributed by atoms with Crippen LogP contribution in [0.15, 0.2) is 60.2 Å². The number of carbonyl (C=O) groups is 3. The number of thiazole rings is 1. The number of β-amino-alcohol motifs (C(OH)–C–C–N with tert-alkyl or cyclic N) is 1. The number of carbonyl (C=O) groups excluding carboxylic acids is 3. The van der Waals surface area contributed by atoms with E-state index in [1.54, 1.807) is 35.7 Å². The van der Waals surface area contributed by atoms with E-state index in [-0.39, 0.29) is 90.3 Å². The van der Waals surface area contributed by atoms with Crippen molar-refractivity contribution in [1.82, 2.24) is 50.7 Å². The number of benzene rings is 2. The molecule has 0 aliphatic carbocycles. The molecule has 2 unspecified atom stereocenters. The van der Waals surface area contributed by atoms with Gasteiger partial charge in [0.25, 0.3) is 0 Å². The van der Waals surface area contributed by atoms with Gasteiger partial charge in [0.15, 0.2) is 5.82 Å². The number of aromatic nitrogens is 5. The summed E-state index contributed by atoms with van der Waals surface area (Å²) in [7, 11) is 0. The maximum absolute atomic E-state index is 17.0. The van der Waals surface area contributed by atoms with Crippen LogP contribution in [0.2, 0.25) is 0 Å². The van der Waals surface area contributed by atoms with Gasteiger partial charge >= 0.3 is 6.01 Å². The largest absolute Gasteiger partial charge is 0.462 e. The minimum absolute atomic E-state index is 0.0125. The van der Waals surface area contributed by atoms with Gasteiger partial charge < -0.3 is 40.6 Å². The first-order valence-corrected chi connectivity index (χ1v) is 27.4. The summed E-state index contributed by atoms with van der Waals surface area (Å²) in [5, 5.41) is 21.6. The summed E-state index contributed by atoms with van der Waals surface area (Å²) in [6, 6.07) is 12.6. The molecule has 4 aliphatic rings. The van der Waals surface area contributed by atoms with Crippen molar-refractivity contribution in [2.75, 3.05) is 44.2 Å². The molecule has 0 radical (unpaired) electrons. The summed E-state index contributed by atoms with van der Waals surface area (Å²) in [6.45, 7) is 12.7. The van der Waals surface area contributed by atoms with E-state index >= 15 is 8.78 Å². The SMILES string of the molecule is Cc1ncsc1-c1ccc([C@H](C)NC(=O)[C@@H]2C[C@@H](O)CN2C(=O)[C@@H](NC(=O)CCCCN2CCC[C@H]2COc2nc(N3CC4CCC(C3)N4)c3cnc(-c4[nH]c(=S)cc5cccc(F)c45)c(F)c3n2)C(C)(C)C)cc1. The molecule has 5 N–H and O–H groups in total. The second kappa shape index (κ2) is 21.9. The van der Waals surface area contributed by atoms with Crippen molar-refractivity contribution < 1.29 is 33.0 Å². The number of nitrogens with one attached hydrogen (secondary N) is 4. The van der Waals surface area contributed by atoms with E-state index in [4.69, 9.17) is 21.9 Å². The Morgan fingerprint density at radius 2 is 1.77 bits per heavy atom. The quantitative estimate of drug-likeness (QED) is 0.0464. The van der Waals surface area contributed by atoms with Gasteiger partial charge in [0.05, 0.1) is 39.3 Å². The van der Waals surface area contributed by atoms with Crippen LogP contribution in [0.1, 0.15) is 96.4 Å². The highest BCUT2D eigenvalue weighted by Gasteiger charge is 2.45. The number of amides is 3. The summed E-state index contributed by atoms with van der Waals surface area (Å²) in [4.78, 5) is 70.2. The van der Waals surface area contributed by atoms with Crippen molar-refractivity contribution in [1.29, 1.82) is 0 Å². The monoisotopic (exact) mass is 1060 g/mol. The van der Waals surface area contributed by atoms with Crippen molar-refractivity contribution in [2.45, 2.75) is 128 Å². The fraction of sp³-hybridized carbons (Fsp3) is 0.491. The highest BCUT2D eigenvalue weighted by atomic mass is 32.1. The Labute approximate surface area is 444 Å². The third-order valence-corrected chi connectivity index (χ3v) is 16.5. The highest BCUT2D eigenvalue weighted by molar-refractivity contribution is 7.71. The highest BCUT2D eigenvalue weighted by Crippen LogP contribution is 2.37. The molecule has 4 aliphatic heterocycles. The standard InChI is InChI=1S/C55H65F2N11O5S2/c1-30(32-14-16-33(17-15-32)49-31(2)59-29-75-49)60-52(71)41-23-38(69)27-68(41)53(72)50(55(3,4)5)62-42(70)13-6-7-20-66-21-9-11-37(66)28-73-54-64-46-39(51(65-54)67-25-35-18-19-36(26-67)61-35)24-58-48(45(46)57)47-44-34(22-43(74)63-47)10-8-12-40(44)56/h8,10,12,14-17,22,24,29-30,35-38,41,50,61,69H,6-7,9,11,13,18-21,23,25-28H2,1-5H3,(H,60,71)(H,62,70)(H,63,74)/t30-,35?,36?,37-,38+,41-,50+/m0/s1.